The number of amides is 1. The molecule has 0 saturated carbocycles. The summed E-state index contributed by atoms with van der Waals surface area (Å²) in [4.78, 5) is 12.0. The Labute approximate surface area is 120 Å². The van der Waals surface area contributed by atoms with Crippen molar-refractivity contribution in [2.24, 2.45) is 0 Å². The van der Waals surface area contributed by atoms with E-state index < -0.39 is 5.60 Å². The average Bonchev–Trinajstić information content (AvgIpc) is 2.88. The number of benzene rings is 1. The van der Waals surface area contributed by atoms with E-state index in [1.165, 1.54) is 0 Å². The molecule has 20 heavy (non-hydrogen) atoms. The van der Waals surface area contributed by atoms with Gasteiger partial charge in [0.1, 0.15) is 5.60 Å². The Hall–Kier alpha value is -1.55. The van der Waals surface area contributed by atoms with Gasteiger partial charge in [0.15, 0.2) is 0 Å². The van der Waals surface area contributed by atoms with E-state index in [4.69, 9.17) is 4.74 Å². The molecule has 1 heterocycles. The fraction of sp³-hybridized carbons (Fsp3) is 0.562. The SMILES string of the molecule is CC(C)(C)OC(=O)NC(c1ccccc1)C1CCCN1. The van der Waals surface area contributed by atoms with E-state index in [0.717, 1.165) is 24.9 Å². The van der Waals surface area contributed by atoms with Crippen molar-refractivity contribution in [2.75, 3.05) is 6.54 Å². The lowest BCUT2D eigenvalue weighted by molar-refractivity contribution is 0.0493. The van der Waals surface area contributed by atoms with Gasteiger partial charge in [0.25, 0.3) is 0 Å². The van der Waals surface area contributed by atoms with Crippen LogP contribution in [0.5, 0.6) is 0 Å². The molecule has 2 N–H and O–H groups in total. The molecular weight excluding hydrogens is 252 g/mol. The molecule has 0 aliphatic carbocycles. The van der Waals surface area contributed by atoms with Crippen LogP contribution in [0.4, 0.5) is 4.79 Å². The molecule has 2 unspecified atom stereocenters. The predicted molar refractivity (Wildman–Crippen MR) is 79.6 cm³/mol. The molecule has 2 rings (SSSR count). The van der Waals surface area contributed by atoms with Gasteiger partial charge in [0.05, 0.1) is 6.04 Å². The van der Waals surface area contributed by atoms with Crippen molar-refractivity contribution < 1.29 is 9.53 Å². The van der Waals surface area contributed by atoms with Gasteiger partial charge in [-0.1, -0.05) is 30.3 Å². The summed E-state index contributed by atoms with van der Waals surface area (Å²) < 4.78 is 5.37. The van der Waals surface area contributed by atoms with E-state index in [1.807, 2.05) is 51.1 Å². The Morgan fingerprint density at radius 2 is 2.05 bits per heavy atom. The van der Waals surface area contributed by atoms with Crippen LogP contribution in [0.15, 0.2) is 30.3 Å². The van der Waals surface area contributed by atoms with Gasteiger partial charge in [-0.25, -0.2) is 4.79 Å². The summed E-state index contributed by atoms with van der Waals surface area (Å²) in [6.45, 7) is 6.62. The zero-order valence-corrected chi connectivity index (χ0v) is 12.5. The van der Waals surface area contributed by atoms with E-state index >= 15 is 0 Å². The second kappa shape index (κ2) is 6.27. The van der Waals surface area contributed by atoms with Crippen LogP contribution in [-0.2, 0) is 4.74 Å². The number of nitrogens with one attached hydrogen (secondary N) is 2. The van der Waals surface area contributed by atoms with Crippen LogP contribution in [-0.4, -0.2) is 24.3 Å². The Morgan fingerprint density at radius 3 is 2.60 bits per heavy atom. The highest BCUT2D eigenvalue weighted by atomic mass is 16.6. The van der Waals surface area contributed by atoms with E-state index in [-0.39, 0.29) is 18.2 Å². The van der Waals surface area contributed by atoms with Gasteiger partial charge < -0.3 is 15.4 Å². The Balaban J connectivity index is 2.09. The van der Waals surface area contributed by atoms with Crippen LogP contribution >= 0.6 is 0 Å². The number of hydrogen-bond acceptors (Lipinski definition) is 3. The number of rotatable bonds is 3. The van der Waals surface area contributed by atoms with Crippen LogP contribution < -0.4 is 10.6 Å². The molecule has 1 aromatic rings. The molecule has 2 atom stereocenters. The highest BCUT2D eigenvalue weighted by Gasteiger charge is 2.28. The third kappa shape index (κ3) is 4.23. The standard InChI is InChI=1S/C16H24N2O2/c1-16(2,3)20-15(19)18-14(13-10-7-11-17-13)12-8-5-4-6-9-12/h4-6,8-9,13-14,17H,7,10-11H2,1-3H3,(H,18,19). The van der Waals surface area contributed by atoms with Crippen molar-refractivity contribution >= 4 is 6.09 Å². The van der Waals surface area contributed by atoms with Gasteiger partial charge in [-0.05, 0) is 45.7 Å². The smallest absolute Gasteiger partial charge is 0.408 e. The Bertz CT molecular complexity index is 434. The summed E-state index contributed by atoms with van der Waals surface area (Å²) >= 11 is 0. The molecule has 0 aromatic heterocycles. The lowest BCUT2D eigenvalue weighted by atomic mass is 9.98. The van der Waals surface area contributed by atoms with Crippen molar-refractivity contribution in [3.05, 3.63) is 35.9 Å². The minimum atomic E-state index is -0.478. The van der Waals surface area contributed by atoms with Crippen LogP contribution in [0, 0.1) is 0 Å². The number of ether oxygens (including phenoxy) is 1. The first-order valence-electron chi connectivity index (χ1n) is 7.23. The minimum absolute atomic E-state index is 0.0476. The third-order valence-electron chi connectivity index (χ3n) is 3.33. The first-order chi connectivity index (χ1) is 9.46. The summed E-state index contributed by atoms with van der Waals surface area (Å²) in [5.74, 6) is 0. The third-order valence-corrected chi connectivity index (χ3v) is 3.33. The second-order valence-electron chi connectivity index (χ2n) is 6.24. The maximum absolute atomic E-state index is 12.0. The van der Waals surface area contributed by atoms with Gasteiger partial charge in [0.2, 0.25) is 0 Å². The van der Waals surface area contributed by atoms with Gasteiger partial charge >= 0.3 is 6.09 Å². The molecule has 110 valence electrons. The molecule has 1 aromatic carbocycles. The lowest BCUT2D eigenvalue weighted by Gasteiger charge is -2.27. The Kier molecular flexibility index (Phi) is 4.65. The van der Waals surface area contributed by atoms with Gasteiger partial charge in [-0.3, -0.25) is 0 Å². The van der Waals surface area contributed by atoms with Crippen LogP contribution in [0.1, 0.15) is 45.2 Å². The molecule has 0 bridgehead atoms. The Morgan fingerprint density at radius 1 is 1.35 bits per heavy atom. The highest BCUT2D eigenvalue weighted by Crippen LogP contribution is 2.23. The molecule has 1 amide bonds. The van der Waals surface area contributed by atoms with Crippen molar-refractivity contribution in [3.8, 4) is 0 Å². The molecule has 1 fully saturated rings. The largest absolute Gasteiger partial charge is 0.444 e. The summed E-state index contributed by atoms with van der Waals surface area (Å²) in [7, 11) is 0. The highest BCUT2D eigenvalue weighted by molar-refractivity contribution is 5.68. The molecule has 0 spiro atoms. The molecule has 1 saturated heterocycles. The molecule has 0 radical (unpaired) electrons. The summed E-state index contributed by atoms with van der Waals surface area (Å²) in [5.41, 5.74) is 0.631. The quantitative estimate of drug-likeness (QED) is 0.892. The predicted octanol–water partition coefficient (Wildman–Crippen LogP) is 3.00. The number of carbonyl (C=O) groups excluding carboxylic acids is 1. The van der Waals surface area contributed by atoms with Crippen LogP contribution in [0.2, 0.25) is 0 Å². The summed E-state index contributed by atoms with van der Waals surface area (Å²) in [5, 5.41) is 6.46. The summed E-state index contributed by atoms with van der Waals surface area (Å²) in [6, 6.07) is 10.3. The van der Waals surface area contributed by atoms with E-state index in [2.05, 4.69) is 10.6 Å². The van der Waals surface area contributed by atoms with Crippen molar-refractivity contribution in [2.45, 2.75) is 51.3 Å². The van der Waals surface area contributed by atoms with Crippen LogP contribution in [0.3, 0.4) is 0 Å². The maximum atomic E-state index is 12.0. The van der Waals surface area contributed by atoms with Crippen molar-refractivity contribution in [3.63, 3.8) is 0 Å². The first-order valence-corrected chi connectivity index (χ1v) is 7.23. The topological polar surface area (TPSA) is 50.4 Å². The van der Waals surface area contributed by atoms with E-state index in [0.29, 0.717) is 0 Å². The molecule has 4 nitrogen and oxygen atoms in total. The second-order valence-corrected chi connectivity index (χ2v) is 6.24. The lowest BCUT2D eigenvalue weighted by Crippen LogP contribution is -2.42. The van der Waals surface area contributed by atoms with Crippen molar-refractivity contribution in [1.82, 2.24) is 10.6 Å². The number of hydrogen-bond donors (Lipinski definition) is 2. The zero-order chi connectivity index (χ0) is 14.6. The van der Waals surface area contributed by atoms with Gasteiger partial charge in [-0.2, -0.15) is 0 Å². The molecular formula is C16H24N2O2. The van der Waals surface area contributed by atoms with Gasteiger partial charge in [0, 0.05) is 6.04 Å². The number of alkyl carbamates (subject to hydrolysis) is 1. The maximum Gasteiger partial charge on any atom is 0.408 e. The molecule has 1 aliphatic rings. The molecule has 1 aliphatic heterocycles. The molecule has 4 heteroatoms. The average molecular weight is 276 g/mol. The fourth-order valence-electron chi connectivity index (χ4n) is 2.51. The van der Waals surface area contributed by atoms with Crippen LogP contribution in [0.25, 0.3) is 0 Å². The van der Waals surface area contributed by atoms with E-state index in [1.54, 1.807) is 0 Å². The zero-order valence-electron chi connectivity index (χ0n) is 12.5. The number of carbonyl (C=O) groups is 1. The fourth-order valence-corrected chi connectivity index (χ4v) is 2.51. The normalized spacial score (nSPS) is 20.4. The minimum Gasteiger partial charge on any atom is -0.444 e. The monoisotopic (exact) mass is 276 g/mol. The van der Waals surface area contributed by atoms with E-state index in [9.17, 15) is 4.79 Å². The first kappa shape index (κ1) is 14.9. The summed E-state index contributed by atoms with van der Waals surface area (Å²) in [6.07, 6.45) is 1.85. The van der Waals surface area contributed by atoms with Gasteiger partial charge in [-0.15, -0.1) is 0 Å². The van der Waals surface area contributed by atoms with Crippen molar-refractivity contribution in [1.29, 1.82) is 0 Å².